The monoisotopic (exact) mass is 396 g/mol. The van der Waals surface area contributed by atoms with Crippen LogP contribution in [0.3, 0.4) is 0 Å². The van der Waals surface area contributed by atoms with E-state index in [9.17, 15) is 0 Å². The number of nitrogens with zero attached hydrogens (tertiary/aromatic N) is 4. The molecule has 0 amide bonds. The van der Waals surface area contributed by atoms with Crippen LogP contribution in [-0.4, -0.2) is 42.9 Å². The van der Waals surface area contributed by atoms with Crippen LogP contribution in [0.2, 0.25) is 0 Å². The van der Waals surface area contributed by atoms with E-state index in [1.54, 1.807) is 22.7 Å². The molecule has 2 aliphatic rings. The fraction of sp³-hybridized carbons (Fsp3) is 0.263. The Morgan fingerprint density at radius 3 is 2.11 bits per heavy atom. The van der Waals surface area contributed by atoms with Gasteiger partial charge in [0.15, 0.2) is 21.8 Å². The average molecular weight is 396 g/mol. The Labute approximate surface area is 163 Å². The first kappa shape index (κ1) is 15.5. The van der Waals surface area contributed by atoms with Crippen LogP contribution in [0.15, 0.2) is 36.4 Å². The number of rotatable bonds is 2. The minimum absolute atomic E-state index is 0.299. The van der Waals surface area contributed by atoms with Crippen molar-refractivity contribution >= 4 is 53.4 Å². The molecule has 4 heterocycles. The first-order valence-corrected chi connectivity index (χ1v) is 10.5. The SMILES string of the molecule is c1ccc2sc(N3CCN(c4nc5cc6c(cc5s4)OCO6)CC3)nc2c1. The van der Waals surface area contributed by atoms with E-state index in [0.717, 1.165) is 63.7 Å². The summed E-state index contributed by atoms with van der Waals surface area (Å²) in [6, 6.07) is 12.4. The molecule has 0 N–H and O–H groups in total. The minimum Gasteiger partial charge on any atom is -0.454 e. The predicted octanol–water partition coefficient (Wildman–Crippen LogP) is 3.96. The molecule has 27 heavy (non-hydrogen) atoms. The van der Waals surface area contributed by atoms with Crippen molar-refractivity contribution in [2.45, 2.75) is 0 Å². The highest BCUT2D eigenvalue weighted by Crippen LogP contribution is 2.40. The Balaban J connectivity index is 1.22. The summed E-state index contributed by atoms with van der Waals surface area (Å²) in [4.78, 5) is 14.4. The van der Waals surface area contributed by atoms with E-state index >= 15 is 0 Å². The molecule has 0 bridgehead atoms. The van der Waals surface area contributed by atoms with Crippen molar-refractivity contribution in [2.24, 2.45) is 0 Å². The van der Waals surface area contributed by atoms with Gasteiger partial charge in [0.1, 0.15) is 0 Å². The van der Waals surface area contributed by atoms with Crippen molar-refractivity contribution in [3.63, 3.8) is 0 Å². The fourth-order valence-corrected chi connectivity index (χ4v) is 5.57. The van der Waals surface area contributed by atoms with E-state index in [2.05, 4.69) is 28.0 Å². The van der Waals surface area contributed by atoms with Gasteiger partial charge in [-0.3, -0.25) is 0 Å². The van der Waals surface area contributed by atoms with E-state index in [1.165, 1.54) is 4.70 Å². The molecule has 6 nitrogen and oxygen atoms in total. The molecule has 0 saturated carbocycles. The number of fused-ring (bicyclic) bond motifs is 3. The third kappa shape index (κ3) is 2.59. The van der Waals surface area contributed by atoms with Gasteiger partial charge in [0.25, 0.3) is 0 Å². The van der Waals surface area contributed by atoms with Crippen LogP contribution in [0, 0.1) is 0 Å². The molecule has 136 valence electrons. The quantitative estimate of drug-likeness (QED) is 0.511. The lowest BCUT2D eigenvalue weighted by molar-refractivity contribution is 0.174. The molecule has 2 aromatic carbocycles. The topological polar surface area (TPSA) is 50.7 Å². The normalized spacial score (nSPS) is 16.6. The lowest BCUT2D eigenvalue weighted by Crippen LogP contribution is -2.46. The van der Waals surface area contributed by atoms with E-state index < -0.39 is 0 Å². The fourth-order valence-electron chi connectivity index (χ4n) is 3.53. The smallest absolute Gasteiger partial charge is 0.231 e. The standard InChI is InChI=1S/C19H16N4O2S2/c1-2-4-16-12(3-1)20-18(26-16)22-5-7-23(8-6-22)19-21-13-9-14-15(25-11-24-14)10-17(13)27-19/h1-4,9-10H,5-8,11H2. The Bertz CT molecular complexity index is 1070. The molecular formula is C19H16N4O2S2. The van der Waals surface area contributed by atoms with Crippen LogP contribution < -0.4 is 19.3 Å². The molecule has 1 saturated heterocycles. The third-order valence-corrected chi connectivity index (χ3v) is 7.15. The summed E-state index contributed by atoms with van der Waals surface area (Å²) in [6.07, 6.45) is 0. The summed E-state index contributed by atoms with van der Waals surface area (Å²) in [5.41, 5.74) is 2.07. The molecule has 0 radical (unpaired) electrons. The molecule has 0 spiro atoms. The number of aromatic nitrogens is 2. The Morgan fingerprint density at radius 1 is 0.741 bits per heavy atom. The number of benzene rings is 2. The molecule has 2 aliphatic heterocycles. The van der Waals surface area contributed by atoms with Gasteiger partial charge in [0.05, 0.1) is 20.4 Å². The Hall–Kier alpha value is -2.58. The first-order valence-electron chi connectivity index (χ1n) is 8.89. The molecular weight excluding hydrogens is 380 g/mol. The van der Waals surface area contributed by atoms with Gasteiger partial charge in [0, 0.05) is 38.3 Å². The van der Waals surface area contributed by atoms with E-state index in [0.29, 0.717) is 6.79 Å². The largest absolute Gasteiger partial charge is 0.454 e. The molecule has 8 heteroatoms. The molecule has 1 fully saturated rings. The molecule has 0 unspecified atom stereocenters. The van der Waals surface area contributed by atoms with Gasteiger partial charge in [-0.2, -0.15) is 0 Å². The summed E-state index contributed by atoms with van der Waals surface area (Å²) >= 11 is 3.49. The van der Waals surface area contributed by atoms with Crippen molar-refractivity contribution in [3.05, 3.63) is 36.4 Å². The average Bonchev–Trinajstić information content (AvgIpc) is 3.42. The zero-order valence-corrected chi connectivity index (χ0v) is 16.1. The van der Waals surface area contributed by atoms with Crippen LogP contribution in [0.5, 0.6) is 11.5 Å². The highest BCUT2D eigenvalue weighted by Gasteiger charge is 2.23. The second-order valence-corrected chi connectivity index (χ2v) is 8.63. The number of hydrogen-bond donors (Lipinski definition) is 0. The van der Waals surface area contributed by atoms with Crippen molar-refractivity contribution in [1.29, 1.82) is 0 Å². The van der Waals surface area contributed by atoms with Crippen LogP contribution >= 0.6 is 22.7 Å². The van der Waals surface area contributed by atoms with Crippen molar-refractivity contribution in [3.8, 4) is 11.5 Å². The van der Waals surface area contributed by atoms with Crippen LogP contribution in [0.1, 0.15) is 0 Å². The van der Waals surface area contributed by atoms with Crippen LogP contribution in [0.25, 0.3) is 20.4 Å². The van der Waals surface area contributed by atoms with Gasteiger partial charge in [-0.05, 0) is 12.1 Å². The zero-order valence-electron chi connectivity index (χ0n) is 14.4. The lowest BCUT2D eigenvalue weighted by Gasteiger charge is -2.34. The maximum Gasteiger partial charge on any atom is 0.231 e. The minimum atomic E-state index is 0.299. The highest BCUT2D eigenvalue weighted by molar-refractivity contribution is 7.22. The number of anilines is 2. The number of para-hydroxylation sites is 1. The number of hydrogen-bond acceptors (Lipinski definition) is 8. The number of thiazole rings is 2. The Kier molecular flexibility index (Phi) is 3.42. The second kappa shape index (κ2) is 5.97. The maximum absolute atomic E-state index is 5.48. The van der Waals surface area contributed by atoms with Crippen molar-refractivity contribution < 1.29 is 9.47 Å². The van der Waals surface area contributed by atoms with Gasteiger partial charge in [-0.1, -0.05) is 34.8 Å². The van der Waals surface area contributed by atoms with Gasteiger partial charge in [-0.25, -0.2) is 9.97 Å². The summed E-state index contributed by atoms with van der Waals surface area (Å²) in [5, 5.41) is 2.18. The van der Waals surface area contributed by atoms with Gasteiger partial charge >= 0.3 is 0 Å². The third-order valence-electron chi connectivity index (χ3n) is 4.97. The summed E-state index contributed by atoms with van der Waals surface area (Å²) < 4.78 is 13.3. The van der Waals surface area contributed by atoms with E-state index in [1.807, 2.05) is 18.2 Å². The molecule has 0 atom stereocenters. The summed E-state index contributed by atoms with van der Waals surface area (Å²) in [5.74, 6) is 1.61. The second-order valence-electron chi connectivity index (χ2n) is 6.61. The van der Waals surface area contributed by atoms with E-state index in [-0.39, 0.29) is 0 Å². The maximum atomic E-state index is 5.48. The van der Waals surface area contributed by atoms with Crippen molar-refractivity contribution in [1.82, 2.24) is 9.97 Å². The summed E-state index contributed by atoms with van der Waals surface area (Å²) in [7, 11) is 0. The first-order chi connectivity index (χ1) is 13.3. The van der Waals surface area contributed by atoms with Crippen LogP contribution in [0.4, 0.5) is 10.3 Å². The van der Waals surface area contributed by atoms with Gasteiger partial charge in [-0.15, -0.1) is 0 Å². The highest BCUT2D eigenvalue weighted by atomic mass is 32.1. The number of ether oxygens (including phenoxy) is 2. The molecule has 2 aromatic heterocycles. The predicted molar refractivity (Wildman–Crippen MR) is 110 cm³/mol. The van der Waals surface area contributed by atoms with Crippen LogP contribution in [-0.2, 0) is 0 Å². The van der Waals surface area contributed by atoms with Gasteiger partial charge in [0.2, 0.25) is 6.79 Å². The lowest BCUT2D eigenvalue weighted by atomic mass is 10.3. The van der Waals surface area contributed by atoms with Gasteiger partial charge < -0.3 is 19.3 Å². The summed E-state index contributed by atoms with van der Waals surface area (Å²) in [6.45, 7) is 4.11. The van der Waals surface area contributed by atoms with E-state index in [4.69, 9.17) is 19.4 Å². The molecule has 0 aliphatic carbocycles. The van der Waals surface area contributed by atoms with Crippen molar-refractivity contribution in [2.75, 3.05) is 42.8 Å². The Morgan fingerprint density at radius 2 is 1.37 bits per heavy atom. The number of piperazine rings is 1. The molecule has 6 rings (SSSR count). The zero-order chi connectivity index (χ0) is 17.8. The molecule has 4 aromatic rings.